The number of carbonyl (C=O) groups is 3. The molecule has 1 aliphatic rings. The molecule has 0 unspecified atom stereocenters. The van der Waals surface area contributed by atoms with E-state index in [-0.39, 0.29) is 43.2 Å². The fraction of sp³-hybridized carbons (Fsp3) is 0.194. The molecule has 3 amide bonds. The number of amides is 3. The number of alkyl halides is 3. The van der Waals surface area contributed by atoms with Crippen molar-refractivity contribution in [1.82, 2.24) is 14.8 Å². The SMILES string of the molecule is O=CNc1cc(C(=O)N2CCN(C(=O)/C=C/c3ccccc3)C[C@H]2Cc2c[nH]c3ccccc23)cc(C(F)(F)F)c1. The van der Waals surface area contributed by atoms with Gasteiger partial charge in [-0.05, 0) is 47.9 Å². The second-order valence-corrected chi connectivity index (χ2v) is 9.80. The number of benzene rings is 3. The predicted octanol–water partition coefficient (Wildman–Crippen LogP) is 5.36. The highest BCUT2D eigenvalue weighted by Gasteiger charge is 2.36. The molecule has 1 saturated heterocycles. The van der Waals surface area contributed by atoms with Crippen molar-refractivity contribution in [2.24, 2.45) is 0 Å². The molecule has 10 heteroatoms. The number of nitrogens with zero attached hydrogens (tertiary/aromatic N) is 2. The molecule has 0 spiro atoms. The van der Waals surface area contributed by atoms with E-state index in [1.54, 1.807) is 11.0 Å². The summed E-state index contributed by atoms with van der Waals surface area (Å²) in [5.74, 6) is -0.830. The molecule has 2 N–H and O–H groups in total. The largest absolute Gasteiger partial charge is 0.416 e. The molecule has 0 aliphatic carbocycles. The van der Waals surface area contributed by atoms with Gasteiger partial charge in [0.2, 0.25) is 12.3 Å². The van der Waals surface area contributed by atoms with E-state index in [0.717, 1.165) is 34.2 Å². The van der Waals surface area contributed by atoms with Crippen molar-refractivity contribution < 1.29 is 27.6 Å². The molecule has 1 fully saturated rings. The lowest BCUT2D eigenvalue weighted by Crippen LogP contribution is -2.57. The number of piperazine rings is 1. The Morgan fingerprint density at radius 2 is 1.76 bits per heavy atom. The Bertz CT molecular complexity index is 1600. The maximum atomic E-state index is 13.7. The Hall–Kier alpha value is -4.86. The third kappa shape index (κ3) is 6.32. The highest BCUT2D eigenvalue weighted by molar-refractivity contribution is 5.97. The first-order chi connectivity index (χ1) is 19.7. The maximum Gasteiger partial charge on any atom is 0.416 e. The minimum Gasteiger partial charge on any atom is -0.361 e. The molecule has 4 aromatic rings. The second-order valence-electron chi connectivity index (χ2n) is 9.80. The highest BCUT2D eigenvalue weighted by Crippen LogP contribution is 2.33. The Morgan fingerprint density at radius 3 is 2.51 bits per heavy atom. The van der Waals surface area contributed by atoms with Crippen LogP contribution in [0, 0.1) is 0 Å². The van der Waals surface area contributed by atoms with E-state index in [1.807, 2.05) is 60.8 Å². The van der Waals surface area contributed by atoms with E-state index >= 15 is 0 Å². The molecular formula is C31H27F3N4O3. The second kappa shape index (κ2) is 11.7. The van der Waals surface area contributed by atoms with E-state index in [1.165, 1.54) is 17.0 Å². The number of fused-ring (bicyclic) bond motifs is 1. The Kier molecular flexibility index (Phi) is 7.91. The molecule has 1 atom stereocenters. The minimum atomic E-state index is -4.71. The standard InChI is InChI=1S/C31H27F3N4O3/c32-31(33,34)24-14-22(15-25(17-24)36-20-39)30(41)38-13-12-37(29(40)11-10-21-6-2-1-3-7-21)19-26(38)16-23-18-35-28-9-5-4-8-27(23)28/h1-11,14-15,17-18,20,26,35H,12-13,16,19H2,(H,36,39)/b11-10+/t26-/m1/s1. The lowest BCUT2D eigenvalue weighted by Gasteiger charge is -2.41. The number of aromatic nitrogens is 1. The molecular weight excluding hydrogens is 533 g/mol. The van der Waals surface area contributed by atoms with Crippen LogP contribution in [0.15, 0.2) is 85.1 Å². The summed E-state index contributed by atoms with van der Waals surface area (Å²) in [5.41, 5.74) is 1.33. The van der Waals surface area contributed by atoms with Gasteiger partial charge in [0.15, 0.2) is 0 Å². The van der Waals surface area contributed by atoms with E-state index in [2.05, 4.69) is 10.3 Å². The van der Waals surface area contributed by atoms with Crippen LogP contribution in [0.25, 0.3) is 17.0 Å². The number of nitrogens with one attached hydrogen (secondary N) is 2. The van der Waals surface area contributed by atoms with Gasteiger partial charge in [0.05, 0.1) is 11.6 Å². The number of carbonyl (C=O) groups excluding carboxylic acids is 3. The summed E-state index contributed by atoms with van der Waals surface area (Å²) in [7, 11) is 0. The molecule has 5 rings (SSSR count). The Balaban J connectivity index is 1.45. The Labute approximate surface area is 234 Å². The Morgan fingerprint density at radius 1 is 1.00 bits per heavy atom. The van der Waals surface area contributed by atoms with Gasteiger partial charge in [0, 0.05) is 54.1 Å². The fourth-order valence-electron chi connectivity index (χ4n) is 5.12. The van der Waals surface area contributed by atoms with Crippen molar-refractivity contribution in [1.29, 1.82) is 0 Å². The number of para-hydroxylation sites is 1. The van der Waals surface area contributed by atoms with Crippen LogP contribution in [0.5, 0.6) is 0 Å². The van der Waals surface area contributed by atoms with Gasteiger partial charge in [-0.3, -0.25) is 14.4 Å². The quantitative estimate of drug-likeness (QED) is 0.236. The van der Waals surface area contributed by atoms with Crippen LogP contribution in [0.4, 0.5) is 18.9 Å². The molecule has 0 bridgehead atoms. The molecule has 41 heavy (non-hydrogen) atoms. The van der Waals surface area contributed by atoms with Crippen LogP contribution < -0.4 is 5.32 Å². The third-order valence-corrected chi connectivity index (χ3v) is 7.14. The molecule has 0 saturated carbocycles. The maximum absolute atomic E-state index is 13.7. The average molecular weight is 561 g/mol. The molecule has 0 radical (unpaired) electrons. The number of rotatable bonds is 7. The number of anilines is 1. The van der Waals surface area contributed by atoms with Gasteiger partial charge in [-0.2, -0.15) is 13.2 Å². The summed E-state index contributed by atoms with van der Waals surface area (Å²) >= 11 is 0. The average Bonchev–Trinajstić information content (AvgIpc) is 3.38. The first-order valence-corrected chi connectivity index (χ1v) is 13.0. The van der Waals surface area contributed by atoms with Crippen molar-refractivity contribution in [3.05, 3.63) is 107 Å². The number of H-pyrrole nitrogens is 1. The van der Waals surface area contributed by atoms with Gasteiger partial charge in [-0.25, -0.2) is 0 Å². The van der Waals surface area contributed by atoms with Gasteiger partial charge >= 0.3 is 6.18 Å². The first-order valence-electron chi connectivity index (χ1n) is 13.0. The van der Waals surface area contributed by atoms with Gasteiger partial charge in [0.25, 0.3) is 5.91 Å². The summed E-state index contributed by atoms with van der Waals surface area (Å²) in [6.07, 6.45) is 0.977. The summed E-state index contributed by atoms with van der Waals surface area (Å²) < 4.78 is 40.8. The number of aromatic amines is 1. The zero-order valence-corrected chi connectivity index (χ0v) is 21.9. The summed E-state index contributed by atoms with van der Waals surface area (Å²) in [6.45, 7) is 0.539. The normalized spacial score (nSPS) is 15.8. The predicted molar refractivity (Wildman–Crippen MR) is 150 cm³/mol. The van der Waals surface area contributed by atoms with Crippen LogP contribution in [0.3, 0.4) is 0 Å². The summed E-state index contributed by atoms with van der Waals surface area (Å²) in [4.78, 5) is 44.2. The van der Waals surface area contributed by atoms with Crippen molar-refractivity contribution >= 4 is 40.9 Å². The van der Waals surface area contributed by atoms with Crippen LogP contribution in [0.2, 0.25) is 0 Å². The molecule has 1 aliphatic heterocycles. The van der Waals surface area contributed by atoms with Crippen molar-refractivity contribution in [3.63, 3.8) is 0 Å². The van der Waals surface area contributed by atoms with E-state index in [9.17, 15) is 27.6 Å². The monoisotopic (exact) mass is 560 g/mol. The highest BCUT2D eigenvalue weighted by atomic mass is 19.4. The molecule has 2 heterocycles. The molecule has 3 aromatic carbocycles. The lowest BCUT2D eigenvalue weighted by atomic mass is 9.99. The molecule has 210 valence electrons. The number of hydrogen-bond donors (Lipinski definition) is 2. The zero-order valence-electron chi connectivity index (χ0n) is 21.9. The summed E-state index contributed by atoms with van der Waals surface area (Å²) in [5, 5.41) is 3.18. The van der Waals surface area contributed by atoms with E-state index in [4.69, 9.17) is 0 Å². The van der Waals surface area contributed by atoms with Gasteiger partial charge in [-0.15, -0.1) is 0 Å². The van der Waals surface area contributed by atoms with Crippen LogP contribution >= 0.6 is 0 Å². The molecule has 7 nitrogen and oxygen atoms in total. The minimum absolute atomic E-state index is 0.128. The van der Waals surface area contributed by atoms with Gasteiger partial charge < -0.3 is 20.1 Å². The van der Waals surface area contributed by atoms with Gasteiger partial charge in [0.1, 0.15) is 0 Å². The summed E-state index contributed by atoms with van der Waals surface area (Å²) in [6, 6.07) is 19.4. The zero-order chi connectivity index (χ0) is 29.0. The van der Waals surface area contributed by atoms with E-state index in [0.29, 0.717) is 6.42 Å². The molecule has 1 aromatic heterocycles. The smallest absolute Gasteiger partial charge is 0.361 e. The number of halogens is 3. The van der Waals surface area contributed by atoms with Gasteiger partial charge in [-0.1, -0.05) is 48.5 Å². The first kappa shape index (κ1) is 27.7. The fourth-order valence-corrected chi connectivity index (χ4v) is 5.12. The van der Waals surface area contributed by atoms with Crippen LogP contribution in [-0.2, 0) is 22.2 Å². The number of hydrogen-bond acceptors (Lipinski definition) is 3. The van der Waals surface area contributed by atoms with Crippen LogP contribution in [0.1, 0.15) is 27.0 Å². The topological polar surface area (TPSA) is 85.5 Å². The van der Waals surface area contributed by atoms with Crippen molar-refractivity contribution in [3.8, 4) is 0 Å². The van der Waals surface area contributed by atoms with Crippen molar-refractivity contribution in [2.75, 3.05) is 25.0 Å². The third-order valence-electron chi connectivity index (χ3n) is 7.14. The lowest BCUT2D eigenvalue weighted by molar-refractivity contribution is -0.137. The van der Waals surface area contributed by atoms with Crippen molar-refractivity contribution in [2.45, 2.75) is 18.6 Å². The van der Waals surface area contributed by atoms with E-state index < -0.39 is 23.7 Å². The van der Waals surface area contributed by atoms with Crippen LogP contribution in [-0.4, -0.2) is 58.7 Å².